The predicted octanol–water partition coefficient (Wildman–Crippen LogP) is 1.04. The lowest BCUT2D eigenvalue weighted by Crippen LogP contribution is -2.07. The van der Waals surface area contributed by atoms with Crippen LogP contribution in [-0.2, 0) is 17.7 Å². The first-order valence-corrected chi connectivity index (χ1v) is 4.61. The van der Waals surface area contributed by atoms with Gasteiger partial charge in [0.05, 0.1) is 12.3 Å². The highest BCUT2D eigenvalue weighted by Crippen LogP contribution is 2.09. The normalized spacial score (nSPS) is 11.0. The molecule has 90 valence electrons. The van der Waals surface area contributed by atoms with Crippen LogP contribution in [0, 0.1) is 0 Å². The molecule has 1 heterocycles. The SMILES string of the molecule is COCCc1nn(CC(F)F)cc1C(=O)O. The monoisotopic (exact) mass is 234 g/mol. The third-order valence-corrected chi connectivity index (χ3v) is 1.94. The summed E-state index contributed by atoms with van der Waals surface area (Å²) >= 11 is 0. The number of hydrogen-bond acceptors (Lipinski definition) is 3. The van der Waals surface area contributed by atoms with Gasteiger partial charge in [-0.1, -0.05) is 0 Å². The zero-order valence-electron chi connectivity index (χ0n) is 8.69. The van der Waals surface area contributed by atoms with Gasteiger partial charge < -0.3 is 9.84 Å². The first-order valence-electron chi connectivity index (χ1n) is 4.61. The lowest BCUT2D eigenvalue weighted by Gasteiger charge is -1.98. The zero-order chi connectivity index (χ0) is 12.1. The molecule has 0 spiro atoms. The molecule has 0 amide bonds. The van der Waals surface area contributed by atoms with Gasteiger partial charge in [-0.2, -0.15) is 5.10 Å². The fourth-order valence-electron chi connectivity index (χ4n) is 1.26. The van der Waals surface area contributed by atoms with E-state index in [4.69, 9.17) is 9.84 Å². The minimum atomic E-state index is -2.56. The van der Waals surface area contributed by atoms with Gasteiger partial charge in [-0.25, -0.2) is 13.6 Å². The summed E-state index contributed by atoms with van der Waals surface area (Å²) < 4.78 is 29.9. The first-order chi connectivity index (χ1) is 7.54. The minimum absolute atomic E-state index is 0.0577. The topological polar surface area (TPSA) is 64.4 Å². The van der Waals surface area contributed by atoms with E-state index in [9.17, 15) is 13.6 Å². The largest absolute Gasteiger partial charge is 0.478 e. The van der Waals surface area contributed by atoms with Crippen LogP contribution in [0.3, 0.4) is 0 Å². The number of rotatable bonds is 6. The van der Waals surface area contributed by atoms with Crippen LogP contribution >= 0.6 is 0 Å². The number of aromatic nitrogens is 2. The lowest BCUT2D eigenvalue weighted by molar-refractivity contribution is 0.0694. The fraction of sp³-hybridized carbons (Fsp3) is 0.556. The molecule has 0 aliphatic rings. The van der Waals surface area contributed by atoms with Gasteiger partial charge in [-0.3, -0.25) is 4.68 Å². The van der Waals surface area contributed by atoms with Gasteiger partial charge in [0.2, 0.25) is 0 Å². The second-order valence-electron chi connectivity index (χ2n) is 3.15. The van der Waals surface area contributed by atoms with Crippen LogP contribution in [0.2, 0.25) is 0 Å². The molecule has 0 radical (unpaired) electrons. The van der Waals surface area contributed by atoms with E-state index in [1.54, 1.807) is 0 Å². The standard InChI is InChI=1S/C9H12F2N2O3/c1-16-3-2-7-6(9(14)15)4-13(12-7)5-8(10)11/h4,8H,2-3,5H2,1H3,(H,14,15). The van der Waals surface area contributed by atoms with Crippen molar-refractivity contribution in [3.8, 4) is 0 Å². The summed E-state index contributed by atoms with van der Waals surface area (Å²) in [4.78, 5) is 10.8. The summed E-state index contributed by atoms with van der Waals surface area (Å²) in [6, 6.07) is 0. The molecule has 0 unspecified atom stereocenters. The molecule has 0 atom stereocenters. The van der Waals surface area contributed by atoms with Crippen molar-refractivity contribution in [2.24, 2.45) is 0 Å². The van der Waals surface area contributed by atoms with E-state index in [1.807, 2.05) is 0 Å². The van der Waals surface area contributed by atoms with Crippen molar-refractivity contribution in [2.45, 2.75) is 19.4 Å². The molecule has 0 bridgehead atoms. The van der Waals surface area contributed by atoms with Crippen molar-refractivity contribution in [1.29, 1.82) is 0 Å². The smallest absolute Gasteiger partial charge is 0.339 e. The molecule has 1 N–H and O–H groups in total. The summed E-state index contributed by atoms with van der Waals surface area (Å²) in [5.74, 6) is -1.17. The predicted molar refractivity (Wildman–Crippen MR) is 50.8 cm³/mol. The van der Waals surface area contributed by atoms with Crippen LogP contribution in [0.5, 0.6) is 0 Å². The molecule has 0 aromatic carbocycles. The Morgan fingerprint density at radius 1 is 1.69 bits per heavy atom. The number of alkyl halides is 2. The molecule has 0 aliphatic carbocycles. The van der Waals surface area contributed by atoms with E-state index in [0.29, 0.717) is 6.61 Å². The van der Waals surface area contributed by atoms with E-state index < -0.39 is 18.9 Å². The number of carboxylic acid groups (broad SMARTS) is 1. The zero-order valence-corrected chi connectivity index (χ0v) is 8.69. The number of nitrogens with zero attached hydrogens (tertiary/aromatic N) is 2. The Labute approximate surface area is 90.6 Å². The second-order valence-corrected chi connectivity index (χ2v) is 3.15. The maximum Gasteiger partial charge on any atom is 0.339 e. The third-order valence-electron chi connectivity index (χ3n) is 1.94. The summed E-state index contributed by atoms with van der Waals surface area (Å²) in [5, 5.41) is 12.6. The number of halogens is 2. The van der Waals surface area contributed by atoms with Gasteiger partial charge >= 0.3 is 5.97 Å². The highest BCUT2D eigenvalue weighted by molar-refractivity contribution is 5.88. The van der Waals surface area contributed by atoms with Crippen molar-refractivity contribution >= 4 is 5.97 Å². The Morgan fingerprint density at radius 2 is 2.38 bits per heavy atom. The Kier molecular flexibility index (Phi) is 4.36. The molecule has 1 rings (SSSR count). The molecule has 0 saturated heterocycles. The summed E-state index contributed by atoms with van der Waals surface area (Å²) in [6.45, 7) is -0.306. The lowest BCUT2D eigenvalue weighted by atomic mass is 10.2. The minimum Gasteiger partial charge on any atom is -0.478 e. The molecule has 1 aromatic heterocycles. The summed E-state index contributed by atoms with van der Waals surface area (Å²) in [7, 11) is 1.47. The number of methoxy groups -OCH3 is 1. The molecule has 0 saturated carbocycles. The fourth-order valence-corrected chi connectivity index (χ4v) is 1.26. The van der Waals surface area contributed by atoms with E-state index in [2.05, 4.69) is 5.10 Å². The van der Waals surface area contributed by atoms with Crippen molar-refractivity contribution < 1.29 is 23.4 Å². The van der Waals surface area contributed by atoms with Crippen LogP contribution < -0.4 is 0 Å². The van der Waals surface area contributed by atoms with E-state index in [1.165, 1.54) is 7.11 Å². The van der Waals surface area contributed by atoms with Crippen LogP contribution in [-0.4, -0.2) is 41.0 Å². The number of carbonyl (C=O) groups is 1. The van der Waals surface area contributed by atoms with Crippen molar-refractivity contribution in [2.75, 3.05) is 13.7 Å². The Morgan fingerprint density at radius 3 is 2.88 bits per heavy atom. The first kappa shape index (κ1) is 12.6. The van der Waals surface area contributed by atoms with Gasteiger partial charge in [0.1, 0.15) is 12.1 Å². The van der Waals surface area contributed by atoms with Crippen molar-refractivity contribution in [3.63, 3.8) is 0 Å². The van der Waals surface area contributed by atoms with Crippen LogP contribution in [0.1, 0.15) is 16.1 Å². The average Bonchev–Trinajstić information content (AvgIpc) is 2.57. The molecule has 16 heavy (non-hydrogen) atoms. The quantitative estimate of drug-likeness (QED) is 0.798. The molecule has 0 fully saturated rings. The Balaban J connectivity index is 2.86. The third kappa shape index (κ3) is 3.27. The van der Waals surface area contributed by atoms with Crippen molar-refractivity contribution in [3.05, 3.63) is 17.5 Å². The maximum absolute atomic E-state index is 12.1. The van der Waals surface area contributed by atoms with E-state index in [0.717, 1.165) is 10.9 Å². The van der Waals surface area contributed by atoms with E-state index >= 15 is 0 Å². The highest BCUT2D eigenvalue weighted by Gasteiger charge is 2.16. The Bertz CT molecular complexity index is 366. The van der Waals surface area contributed by atoms with E-state index in [-0.39, 0.29) is 17.7 Å². The number of aromatic carboxylic acids is 1. The molecule has 0 aliphatic heterocycles. The second kappa shape index (κ2) is 5.55. The van der Waals surface area contributed by atoms with Crippen LogP contribution in [0.25, 0.3) is 0 Å². The summed E-state index contributed by atoms with van der Waals surface area (Å²) in [6.07, 6.45) is -1.16. The number of ether oxygens (including phenoxy) is 1. The summed E-state index contributed by atoms with van der Waals surface area (Å²) in [5.41, 5.74) is 0.202. The van der Waals surface area contributed by atoms with Gasteiger partial charge in [0.25, 0.3) is 6.43 Å². The Hall–Kier alpha value is -1.50. The molecule has 5 nitrogen and oxygen atoms in total. The van der Waals surface area contributed by atoms with Crippen LogP contribution in [0.15, 0.2) is 6.20 Å². The van der Waals surface area contributed by atoms with Crippen LogP contribution in [0.4, 0.5) is 8.78 Å². The number of carboxylic acids is 1. The molecular weight excluding hydrogens is 222 g/mol. The molecule has 7 heteroatoms. The maximum atomic E-state index is 12.1. The van der Waals surface area contributed by atoms with Gasteiger partial charge in [0.15, 0.2) is 0 Å². The highest BCUT2D eigenvalue weighted by atomic mass is 19.3. The average molecular weight is 234 g/mol. The number of hydrogen-bond donors (Lipinski definition) is 1. The van der Waals surface area contributed by atoms with Crippen molar-refractivity contribution in [1.82, 2.24) is 9.78 Å². The van der Waals surface area contributed by atoms with Gasteiger partial charge in [-0.05, 0) is 0 Å². The van der Waals surface area contributed by atoms with Gasteiger partial charge in [0, 0.05) is 19.7 Å². The molecule has 1 aromatic rings. The van der Waals surface area contributed by atoms with Gasteiger partial charge in [-0.15, -0.1) is 0 Å². The molecular formula is C9H12F2N2O3.